The molecule has 1 saturated carbocycles. The predicted molar refractivity (Wildman–Crippen MR) is 75.6 cm³/mol. The van der Waals surface area contributed by atoms with Gasteiger partial charge in [-0.3, -0.25) is 0 Å². The highest BCUT2D eigenvalue weighted by atomic mass is 35.5. The van der Waals surface area contributed by atoms with E-state index in [2.05, 4.69) is 5.16 Å². The van der Waals surface area contributed by atoms with Gasteiger partial charge in [-0.25, -0.2) is 0 Å². The lowest BCUT2D eigenvalue weighted by molar-refractivity contribution is -0.219. The van der Waals surface area contributed by atoms with Crippen LogP contribution in [0.5, 0.6) is 0 Å². The molecule has 0 aromatic heterocycles. The third-order valence-electron chi connectivity index (χ3n) is 4.22. The first kappa shape index (κ1) is 15.7. The summed E-state index contributed by atoms with van der Waals surface area (Å²) in [4.78, 5) is -2.59. The number of oxime groups is 1. The van der Waals surface area contributed by atoms with Crippen molar-refractivity contribution < 1.29 is 14.7 Å². The van der Waals surface area contributed by atoms with Crippen LogP contribution in [0.1, 0.15) is 6.92 Å². The van der Waals surface area contributed by atoms with Crippen LogP contribution in [0.3, 0.4) is 0 Å². The molecule has 2 rings (SSSR count). The summed E-state index contributed by atoms with van der Waals surface area (Å²) >= 11 is 25.9. The fourth-order valence-corrected chi connectivity index (χ4v) is 5.48. The van der Waals surface area contributed by atoms with Gasteiger partial charge >= 0.3 is 0 Å². The van der Waals surface area contributed by atoms with Crippen LogP contribution in [0.2, 0.25) is 0 Å². The summed E-state index contributed by atoms with van der Waals surface area (Å²) in [5.74, 6) is -2.24. The molecule has 0 radical (unpaired) electrons. The van der Waals surface area contributed by atoms with E-state index >= 15 is 0 Å². The Kier molecular flexibility index (Phi) is 3.84. The van der Waals surface area contributed by atoms with E-state index in [1.807, 2.05) is 6.92 Å². The molecule has 0 aromatic carbocycles. The van der Waals surface area contributed by atoms with Crippen molar-refractivity contribution in [3.63, 3.8) is 0 Å². The molecule has 8 heteroatoms. The van der Waals surface area contributed by atoms with Crippen LogP contribution in [0.15, 0.2) is 15.2 Å². The summed E-state index contributed by atoms with van der Waals surface area (Å²) in [5, 5.41) is 12.2. The van der Waals surface area contributed by atoms with E-state index in [-0.39, 0.29) is 16.0 Å². The van der Waals surface area contributed by atoms with Gasteiger partial charge in [0.1, 0.15) is 9.75 Å². The summed E-state index contributed by atoms with van der Waals surface area (Å²) in [7, 11) is 2.84. The smallest absolute Gasteiger partial charge is 0.218 e. The average Bonchev–Trinajstić information content (AvgIpc) is 2.63. The maximum absolute atomic E-state index is 8.83. The van der Waals surface area contributed by atoms with Crippen molar-refractivity contribution in [1.29, 1.82) is 0 Å². The van der Waals surface area contributed by atoms with Gasteiger partial charge in [0.25, 0.3) is 0 Å². The maximum atomic E-state index is 8.83. The van der Waals surface area contributed by atoms with Gasteiger partial charge < -0.3 is 14.7 Å². The molecule has 1 N–H and O–H groups in total. The van der Waals surface area contributed by atoms with Crippen LogP contribution in [0, 0.1) is 11.8 Å². The largest absolute Gasteiger partial charge is 0.411 e. The van der Waals surface area contributed by atoms with Crippen LogP contribution in [0.4, 0.5) is 0 Å². The Balaban J connectivity index is 2.77. The fraction of sp³-hybridized carbons (Fsp3) is 0.727. The highest BCUT2D eigenvalue weighted by Crippen LogP contribution is 2.73. The van der Waals surface area contributed by atoms with Gasteiger partial charge in [-0.2, -0.15) is 0 Å². The van der Waals surface area contributed by atoms with Gasteiger partial charge in [0.15, 0.2) is 0 Å². The summed E-state index contributed by atoms with van der Waals surface area (Å²) in [6.07, 6.45) is 1.28. The Bertz CT molecular complexity index is 465. The van der Waals surface area contributed by atoms with E-state index in [9.17, 15) is 0 Å². The van der Waals surface area contributed by atoms with Gasteiger partial charge in [-0.15, -0.1) is 28.4 Å². The summed E-state index contributed by atoms with van der Waals surface area (Å²) in [6.45, 7) is 1.82. The molecule has 2 unspecified atom stereocenters. The normalized spacial score (nSPS) is 44.6. The summed E-state index contributed by atoms with van der Waals surface area (Å²) in [5.41, 5.74) is 0. The van der Waals surface area contributed by atoms with Crippen LogP contribution < -0.4 is 0 Å². The van der Waals surface area contributed by atoms with Crippen molar-refractivity contribution in [3.8, 4) is 0 Å². The highest BCUT2D eigenvalue weighted by Gasteiger charge is 2.83. The molecule has 4 atom stereocenters. The first-order valence-electron chi connectivity index (χ1n) is 5.51. The summed E-state index contributed by atoms with van der Waals surface area (Å²) in [6, 6.07) is 0. The molecule has 4 nitrogen and oxygen atoms in total. The highest BCUT2D eigenvalue weighted by molar-refractivity contribution is 6.52. The Labute approximate surface area is 131 Å². The molecule has 2 aliphatic carbocycles. The number of alkyl halides is 2. The van der Waals surface area contributed by atoms with Crippen molar-refractivity contribution >= 4 is 52.6 Å². The Morgan fingerprint density at radius 2 is 1.63 bits per heavy atom. The quantitative estimate of drug-likeness (QED) is 0.280. The standard InChI is InChI=1S/C11H13Cl4NO3/c1-5-6(4-16-17)10(15)8(13)7(12)9(5,14)11(10,18-2)19-3/h4-6,17H,1-3H3/b16-4+/t5-,6-,9?,10?/m0/s1. The molecule has 1 fully saturated rings. The summed E-state index contributed by atoms with van der Waals surface area (Å²) < 4.78 is 11.0. The van der Waals surface area contributed by atoms with Gasteiger partial charge in [-0.05, 0) is 5.92 Å². The van der Waals surface area contributed by atoms with Crippen molar-refractivity contribution in [3.05, 3.63) is 10.1 Å². The zero-order valence-electron chi connectivity index (χ0n) is 10.5. The molecule has 0 spiro atoms. The van der Waals surface area contributed by atoms with Gasteiger partial charge in [0, 0.05) is 26.4 Å². The number of hydrogen-bond donors (Lipinski definition) is 1. The minimum absolute atomic E-state index is 0.150. The third-order valence-corrected chi connectivity index (χ3v) is 6.95. The molecule has 0 saturated heterocycles. The molecule has 0 amide bonds. The number of halogens is 4. The zero-order valence-corrected chi connectivity index (χ0v) is 13.5. The van der Waals surface area contributed by atoms with E-state index in [1.165, 1.54) is 20.4 Å². The van der Waals surface area contributed by atoms with Gasteiger partial charge in [0.05, 0.1) is 10.1 Å². The van der Waals surface area contributed by atoms with Crippen LogP contribution in [-0.2, 0) is 9.47 Å². The van der Waals surface area contributed by atoms with E-state index in [1.54, 1.807) is 0 Å². The number of hydrogen-bond acceptors (Lipinski definition) is 4. The van der Waals surface area contributed by atoms with E-state index < -0.39 is 21.5 Å². The van der Waals surface area contributed by atoms with Crippen LogP contribution in [-0.4, -0.2) is 41.2 Å². The monoisotopic (exact) mass is 347 g/mol. The Morgan fingerprint density at radius 1 is 1.16 bits per heavy atom. The SMILES string of the molecule is COC1(OC)C2(Cl)C(Cl)=C(Cl)C1(Cl)[C@@H](/C=N/O)[C@@H]2C. The second kappa shape index (κ2) is 4.65. The zero-order chi connectivity index (χ0) is 14.6. The lowest BCUT2D eigenvalue weighted by atomic mass is 9.84. The molecule has 2 bridgehead atoms. The van der Waals surface area contributed by atoms with E-state index in [0.29, 0.717) is 0 Å². The molecule has 0 aromatic rings. The van der Waals surface area contributed by atoms with Crippen LogP contribution in [0.25, 0.3) is 0 Å². The minimum Gasteiger partial charge on any atom is -0.411 e. The lowest BCUT2D eigenvalue weighted by Crippen LogP contribution is -2.57. The Hall–Kier alpha value is 0.290. The minimum atomic E-state index is -1.44. The van der Waals surface area contributed by atoms with E-state index in [4.69, 9.17) is 61.1 Å². The number of rotatable bonds is 3. The Morgan fingerprint density at radius 3 is 2.00 bits per heavy atom. The van der Waals surface area contributed by atoms with Crippen LogP contribution >= 0.6 is 46.4 Å². The topological polar surface area (TPSA) is 51.0 Å². The first-order chi connectivity index (χ1) is 8.79. The maximum Gasteiger partial charge on any atom is 0.218 e. The van der Waals surface area contributed by atoms with E-state index in [0.717, 1.165) is 0 Å². The molecule has 108 valence electrons. The second-order valence-electron chi connectivity index (χ2n) is 4.66. The van der Waals surface area contributed by atoms with Gasteiger partial charge in [0.2, 0.25) is 5.79 Å². The molecule has 19 heavy (non-hydrogen) atoms. The average molecular weight is 349 g/mol. The number of ether oxygens (including phenoxy) is 2. The molecular weight excluding hydrogens is 336 g/mol. The number of nitrogens with zero attached hydrogens (tertiary/aromatic N) is 1. The number of fused-ring (bicyclic) bond motifs is 2. The lowest BCUT2D eigenvalue weighted by Gasteiger charge is -2.41. The second-order valence-corrected chi connectivity index (χ2v) is 6.60. The van der Waals surface area contributed by atoms with Crippen molar-refractivity contribution in [2.45, 2.75) is 22.5 Å². The first-order valence-corrected chi connectivity index (χ1v) is 7.02. The molecule has 0 aliphatic heterocycles. The van der Waals surface area contributed by atoms with Gasteiger partial charge in [-0.1, -0.05) is 30.1 Å². The molecule has 0 heterocycles. The van der Waals surface area contributed by atoms with Crippen molar-refractivity contribution in [2.24, 2.45) is 17.0 Å². The van der Waals surface area contributed by atoms with Crippen molar-refractivity contribution in [2.75, 3.05) is 14.2 Å². The predicted octanol–water partition coefficient (Wildman–Crippen LogP) is 3.36. The fourth-order valence-electron chi connectivity index (χ4n) is 3.31. The van der Waals surface area contributed by atoms with Crippen molar-refractivity contribution in [1.82, 2.24) is 0 Å². The number of methoxy groups -OCH3 is 2. The molecular formula is C11H13Cl4NO3. The molecule has 2 aliphatic rings. The third kappa shape index (κ3) is 1.38.